The van der Waals surface area contributed by atoms with E-state index in [0.717, 1.165) is 22.3 Å². The van der Waals surface area contributed by atoms with Crippen molar-refractivity contribution < 1.29 is 4.42 Å². The minimum atomic E-state index is -0.106. The smallest absolute Gasteiger partial charge is 0.134 e. The highest BCUT2D eigenvalue weighted by Crippen LogP contribution is 2.27. The van der Waals surface area contributed by atoms with E-state index in [1.807, 2.05) is 42.6 Å². The number of hydrogen-bond acceptors (Lipinski definition) is 4. The molecule has 102 valence electrons. The number of halogens is 1. The summed E-state index contributed by atoms with van der Waals surface area (Å²) in [6.45, 7) is 0. The average molecular weight is 288 g/mol. The summed E-state index contributed by atoms with van der Waals surface area (Å²) in [5.41, 5.74) is 4.68. The number of furan rings is 1. The summed E-state index contributed by atoms with van der Waals surface area (Å²) >= 11 is 5.98. The number of nitrogens with two attached hydrogens (primary N) is 1. The molecule has 4 nitrogen and oxygen atoms in total. The molecule has 2 heterocycles. The van der Waals surface area contributed by atoms with Gasteiger partial charge in [-0.3, -0.25) is 10.8 Å². The molecule has 2 aromatic heterocycles. The van der Waals surface area contributed by atoms with Gasteiger partial charge in [-0.1, -0.05) is 17.7 Å². The molecule has 0 fully saturated rings. The monoisotopic (exact) mass is 287 g/mol. The van der Waals surface area contributed by atoms with Crippen molar-refractivity contribution in [3.63, 3.8) is 0 Å². The zero-order valence-electron chi connectivity index (χ0n) is 10.7. The number of pyridine rings is 1. The van der Waals surface area contributed by atoms with Gasteiger partial charge < -0.3 is 4.42 Å². The van der Waals surface area contributed by atoms with E-state index >= 15 is 0 Å². The number of nitrogens with one attached hydrogen (secondary N) is 1. The molecule has 3 rings (SSSR count). The standard InChI is InChI=1S/C15H14ClN3O/c16-12-3-4-14-11(7-12)8-15(20-14)13(19-17)6-10-2-1-5-18-9-10/h1-5,7-9,13,19H,6,17H2. The predicted molar refractivity (Wildman–Crippen MR) is 79.2 cm³/mol. The summed E-state index contributed by atoms with van der Waals surface area (Å²) in [4.78, 5) is 4.10. The maximum absolute atomic E-state index is 5.98. The van der Waals surface area contributed by atoms with Crippen LogP contribution in [0.15, 0.2) is 53.2 Å². The molecule has 0 aliphatic carbocycles. The Kier molecular flexibility index (Phi) is 3.69. The van der Waals surface area contributed by atoms with Gasteiger partial charge in [-0.25, -0.2) is 5.43 Å². The van der Waals surface area contributed by atoms with Crippen LogP contribution in [0.25, 0.3) is 11.0 Å². The van der Waals surface area contributed by atoms with Crippen LogP contribution in [0.2, 0.25) is 5.02 Å². The van der Waals surface area contributed by atoms with Crippen LogP contribution in [0.5, 0.6) is 0 Å². The summed E-state index contributed by atoms with van der Waals surface area (Å²) in [6, 6.07) is 11.3. The van der Waals surface area contributed by atoms with Crippen molar-refractivity contribution in [3.05, 3.63) is 65.1 Å². The molecule has 0 spiro atoms. The van der Waals surface area contributed by atoms with Gasteiger partial charge in [0.2, 0.25) is 0 Å². The molecule has 1 atom stereocenters. The summed E-state index contributed by atoms with van der Waals surface area (Å²) in [7, 11) is 0. The SMILES string of the molecule is NNC(Cc1cccnc1)c1cc2cc(Cl)ccc2o1. The molecule has 0 saturated carbocycles. The van der Waals surface area contributed by atoms with Crippen LogP contribution >= 0.6 is 11.6 Å². The zero-order chi connectivity index (χ0) is 13.9. The average Bonchev–Trinajstić information content (AvgIpc) is 2.88. The molecule has 3 aromatic rings. The highest BCUT2D eigenvalue weighted by atomic mass is 35.5. The predicted octanol–water partition coefficient (Wildman–Crippen LogP) is 3.23. The van der Waals surface area contributed by atoms with Crippen molar-refractivity contribution in [3.8, 4) is 0 Å². The lowest BCUT2D eigenvalue weighted by Crippen LogP contribution is -2.29. The van der Waals surface area contributed by atoms with E-state index in [0.29, 0.717) is 11.4 Å². The van der Waals surface area contributed by atoms with E-state index in [9.17, 15) is 0 Å². The number of hydrogen-bond donors (Lipinski definition) is 2. The van der Waals surface area contributed by atoms with Gasteiger partial charge >= 0.3 is 0 Å². The molecular weight excluding hydrogens is 274 g/mol. The molecule has 0 saturated heterocycles. The van der Waals surface area contributed by atoms with Crippen LogP contribution in [0.1, 0.15) is 17.4 Å². The normalized spacial score (nSPS) is 12.7. The second-order valence-electron chi connectivity index (χ2n) is 4.62. The van der Waals surface area contributed by atoms with Crippen molar-refractivity contribution in [2.45, 2.75) is 12.5 Å². The summed E-state index contributed by atoms with van der Waals surface area (Å²) in [5.74, 6) is 6.43. The van der Waals surface area contributed by atoms with Crippen molar-refractivity contribution in [2.24, 2.45) is 5.84 Å². The van der Waals surface area contributed by atoms with Crippen molar-refractivity contribution in [1.82, 2.24) is 10.4 Å². The topological polar surface area (TPSA) is 64.1 Å². The molecular formula is C15H14ClN3O. The van der Waals surface area contributed by atoms with Crippen LogP contribution < -0.4 is 11.3 Å². The first kappa shape index (κ1) is 13.1. The van der Waals surface area contributed by atoms with Gasteiger partial charge in [0.15, 0.2) is 0 Å². The Labute approximate surface area is 121 Å². The van der Waals surface area contributed by atoms with E-state index in [2.05, 4.69) is 10.4 Å². The number of aromatic nitrogens is 1. The molecule has 0 bridgehead atoms. The number of rotatable bonds is 4. The maximum atomic E-state index is 5.98. The Morgan fingerprint density at radius 2 is 2.20 bits per heavy atom. The second-order valence-corrected chi connectivity index (χ2v) is 5.05. The van der Waals surface area contributed by atoms with Gasteiger partial charge in [0.1, 0.15) is 11.3 Å². The third-order valence-corrected chi connectivity index (χ3v) is 3.44. The van der Waals surface area contributed by atoms with E-state index in [-0.39, 0.29) is 6.04 Å². The quantitative estimate of drug-likeness (QED) is 0.571. The third kappa shape index (κ3) is 2.67. The highest BCUT2D eigenvalue weighted by molar-refractivity contribution is 6.31. The minimum Gasteiger partial charge on any atom is -0.459 e. The van der Waals surface area contributed by atoms with E-state index in [4.69, 9.17) is 21.9 Å². The Morgan fingerprint density at radius 3 is 2.95 bits per heavy atom. The van der Waals surface area contributed by atoms with E-state index in [1.54, 1.807) is 6.20 Å². The van der Waals surface area contributed by atoms with Crippen LogP contribution in [0, 0.1) is 0 Å². The van der Waals surface area contributed by atoms with Gasteiger partial charge in [-0.05, 0) is 42.3 Å². The largest absolute Gasteiger partial charge is 0.459 e. The van der Waals surface area contributed by atoms with Crippen LogP contribution in [-0.2, 0) is 6.42 Å². The molecule has 1 aromatic carbocycles. The van der Waals surface area contributed by atoms with Gasteiger partial charge in [0.05, 0.1) is 6.04 Å². The van der Waals surface area contributed by atoms with Crippen molar-refractivity contribution in [2.75, 3.05) is 0 Å². The highest BCUT2D eigenvalue weighted by Gasteiger charge is 2.16. The fourth-order valence-electron chi connectivity index (χ4n) is 2.20. The number of benzene rings is 1. The first-order valence-electron chi connectivity index (χ1n) is 6.30. The molecule has 5 heteroatoms. The lowest BCUT2D eigenvalue weighted by atomic mass is 10.1. The Hall–Kier alpha value is -1.88. The van der Waals surface area contributed by atoms with Crippen molar-refractivity contribution >= 4 is 22.6 Å². The van der Waals surface area contributed by atoms with Gasteiger partial charge in [0.25, 0.3) is 0 Å². The molecule has 20 heavy (non-hydrogen) atoms. The Bertz CT molecular complexity index is 711. The third-order valence-electron chi connectivity index (χ3n) is 3.20. The lowest BCUT2D eigenvalue weighted by Gasteiger charge is -2.12. The van der Waals surface area contributed by atoms with Crippen LogP contribution in [0.4, 0.5) is 0 Å². The maximum Gasteiger partial charge on any atom is 0.134 e. The Balaban J connectivity index is 1.91. The Morgan fingerprint density at radius 1 is 1.30 bits per heavy atom. The number of fused-ring (bicyclic) bond motifs is 1. The molecule has 1 unspecified atom stereocenters. The fourth-order valence-corrected chi connectivity index (χ4v) is 2.38. The van der Waals surface area contributed by atoms with E-state index in [1.165, 1.54) is 0 Å². The first-order chi connectivity index (χ1) is 9.76. The van der Waals surface area contributed by atoms with Crippen LogP contribution in [0.3, 0.4) is 0 Å². The molecule has 3 N–H and O–H groups in total. The zero-order valence-corrected chi connectivity index (χ0v) is 11.5. The first-order valence-corrected chi connectivity index (χ1v) is 6.68. The minimum absolute atomic E-state index is 0.106. The van der Waals surface area contributed by atoms with Crippen LogP contribution in [-0.4, -0.2) is 4.98 Å². The van der Waals surface area contributed by atoms with Gasteiger partial charge in [-0.2, -0.15) is 0 Å². The van der Waals surface area contributed by atoms with E-state index < -0.39 is 0 Å². The summed E-state index contributed by atoms with van der Waals surface area (Å²) in [5, 5.41) is 1.66. The number of hydrazine groups is 1. The summed E-state index contributed by atoms with van der Waals surface area (Å²) in [6.07, 6.45) is 4.28. The molecule has 0 radical (unpaired) electrons. The lowest BCUT2D eigenvalue weighted by molar-refractivity contribution is 0.434. The molecule has 0 amide bonds. The number of nitrogens with zero attached hydrogens (tertiary/aromatic N) is 1. The van der Waals surface area contributed by atoms with Gasteiger partial charge in [-0.15, -0.1) is 0 Å². The van der Waals surface area contributed by atoms with Gasteiger partial charge in [0, 0.05) is 22.8 Å². The van der Waals surface area contributed by atoms with Crippen molar-refractivity contribution in [1.29, 1.82) is 0 Å². The molecule has 0 aliphatic heterocycles. The summed E-state index contributed by atoms with van der Waals surface area (Å²) < 4.78 is 5.83. The second kappa shape index (κ2) is 5.63. The molecule has 0 aliphatic rings. The fraction of sp³-hybridized carbons (Fsp3) is 0.133.